The number of ether oxygens (including phenoxy) is 1. The van der Waals surface area contributed by atoms with Crippen LogP contribution in [0.4, 0.5) is 5.69 Å². The summed E-state index contributed by atoms with van der Waals surface area (Å²) in [5.74, 6) is -0.263. The minimum atomic E-state index is -0.263. The van der Waals surface area contributed by atoms with Crippen molar-refractivity contribution in [1.29, 1.82) is 0 Å². The highest BCUT2D eigenvalue weighted by atomic mass is 16.5. The molecule has 3 heteroatoms. The maximum absolute atomic E-state index is 11.3. The second kappa shape index (κ2) is 5.72. The van der Waals surface area contributed by atoms with Gasteiger partial charge in [-0.25, -0.2) is 4.85 Å². The van der Waals surface area contributed by atoms with Crippen LogP contribution in [0.5, 0.6) is 0 Å². The van der Waals surface area contributed by atoms with Crippen molar-refractivity contribution in [2.24, 2.45) is 0 Å². The van der Waals surface area contributed by atoms with Gasteiger partial charge >= 0.3 is 5.97 Å². The Labute approximate surface area is 95.2 Å². The van der Waals surface area contributed by atoms with Crippen LogP contribution in [0.25, 0.3) is 10.9 Å². The molecule has 16 heavy (non-hydrogen) atoms. The molecule has 0 heterocycles. The summed E-state index contributed by atoms with van der Waals surface area (Å²) in [7, 11) is 0. The molecule has 0 bridgehead atoms. The Bertz CT molecular complexity index is 444. The minimum absolute atomic E-state index is 0.216. The largest absolute Gasteiger partial charge is 0.466 e. The van der Waals surface area contributed by atoms with Gasteiger partial charge in [-0.1, -0.05) is 24.8 Å². The summed E-state index contributed by atoms with van der Waals surface area (Å²) in [6.45, 7) is 12.7. The quantitative estimate of drug-likeness (QED) is 0.571. The third-order valence-electron chi connectivity index (χ3n) is 2.12. The van der Waals surface area contributed by atoms with E-state index in [1.54, 1.807) is 31.2 Å². The fourth-order valence-electron chi connectivity index (χ4n) is 1.37. The Morgan fingerprint density at radius 1 is 1.62 bits per heavy atom. The molecule has 0 aliphatic rings. The smallest absolute Gasteiger partial charge is 0.310 e. The topological polar surface area (TPSA) is 30.7 Å². The molecule has 0 aromatic heterocycles. The third kappa shape index (κ3) is 2.96. The highest BCUT2D eigenvalue weighted by Crippen LogP contribution is 2.20. The van der Waals surface area contributed by atoms with E-state index in [0.717, 1.165) is 11.1 Å². The van der Waals surface area contributed by atoms with Crippen LogP contribution < -0.4 is 0 Å². The van der Waals surface area contributed by atoms with Gasteiger partial charge in [-0.2, -0.15) is 0 Å². The van der Waals surface area contributed by atoms with Gasteiger partial charge in [0, 0.05) is 0 Å². The number of nitrogens with zero attached hydrogens (tertiary/aromatic N) is 1. The Kier molecular flexibility index (Phi) is 4.28. The third-order valence-corrected chi connectivity index (χ3v) is 2.12. The molecule has 82 valence electrons. The predicted molar refractivity (Wildman–Crippen MR) is 63.1 cm³/mol. The average Bonchev–Trinajstić information content (AvgIpc) is 2.30. The first-order chi connectivity index (χ1) is 7.71. The maximum atomic E-state index is 11.3. The zero-order chi connectivity index (χ0) is 12.0. The van der Waals surface area contributed by atoms with Crippen molar-refractivity contribution in [3.8, 4) is 0 Å². The second-order valence-corrected chi connectivity index (χ2v) is 3.18. The molecule has 0 aliphatic heterocycles. The lowest BCUT2D eigenvalue weighted by atomic mass is 10.0. The molecule has 0 radical (unpaired) electrons. The number of esters is 1. The van der Waals surface area contributed by atoms with Gasteiger partial charge in [0.25, 0.3) is 0 Å². The molecule has 0 fully saturated rings. The van der Waals surface area contributed by atoms with E-state index in [0.29, 0.717) is 12.3 Å². The van der Waals surface area contributed by atoms with E-state index < -0.39 is 0 Å². The first-order valence-electron chi connectivity index (χ1n) is 4.99. The molecule has 0 saturated heterocycles. The maximum Gasteiger partial charge on any atom is 0.310 e. The standard InChI is InChI=1S/C13H13NO2/c1-4-10-8-12(14-3)7-6-11(10)9-13(15)16-5-2/h4,6-8H,1,5,9H2,2H3. The number of carbonyl (C=O) groups excluding carboxylic acids is 1. The van der Waals surface area contributed by atoms with Crippen LogP contribution in [0, 0.1) is 6.57 Å². The lowest BCUT2D eigenvalue weighted by Gasteiger charge is -2.06. The molecule has 0 amide bonds. The molecule has 0 atom stereocenters. The number of benzene rings is 1. The Hall–Kier alpha value is -2.08. The van der Waals surface area contributed by atoms with Crippen molar-refractivity contribution in [3.63, 3.8) is 0 Å². The molecule has 0 saturated carbocycles. The molecular formula is C13H13NO2. The van der Waals surface area contributed by atoms with Crippen molar-refractivity contribution in [1.82, 2.24) is 0 Å². The van der Waals surface area contributed by atoms with Crippen molar-refractivity contribution < 1.29 is 9.53 Å². The van der Waals surface area contributed by atoms with Gasteiger partial charge in [-0.3, -0.25) is 4.79 Å². The number of hydrogen-bond donors (Lipinski definition) is 0. The fraction of sp³-hybridized carbons (Fsp3) is 0.231. The van der Waals surface area contributed by atoms with Crippen LogP contribution >= 0.6 is 0 Å². The van der Waals surface area contributed by atoms with Gasteiger partial charge in [-0.05, 0) is 24.1 Å². The second-order valence-electron chi connectivity index (χ2n) is 3.18. The zero-order valence-electron chi connectivity index (χ0n) is 9.19. The highest BCUT2D eigenvalue weighted by Gasteiger charge is 2.07. The SMILES string of the molecule is [C-]#[N+]c1ccc(CC(=O)OCC)c(C=C)c1. The summed E-state index contributed by atoms with van der Waals surface area (Å²) in [5, 5.41) is 0. The van der Waals surface area contributed by atoms with Gasteiger partial charge in [0.15, 0.2) is 5.69 Å². The van der Waals surface area contributed by atoms with Crippen LogP contribution in [-0.2, 0) is 16.0 Å². The van der Waals surface area contributed by atoms with Crippen molar-refractivity contribution in [2.75, 3.05) is 6.61 Å². The summed E-state index contributed by atoms with van der Waals surface area (Å²) in [6.07, 6.45) is 1.86. The van der Waals surface area contributed by atoms with Gasteiger partial charge in [0.05, 0.1) is 19.6 Å². The summed E-state index contributed by atoms with van der Waals surface area (Å²) >= 11 is 0. The van der Waals surface area contributed by atoms with Crippen LogP contribution in [0.1, 0.15) is 18.1 Å². The van der Waals surface area contributed by atoms with E-state index in [1.165, 1.54) is 0 Å². The zero-order valence-corrected chi connectivity index (χ0v) is 9.19. The van der Waals surface area contributed by atoms with E-state index in [-0.39, 0.29) is 12.4 Å². The molecule has 0 N–H and O–H groups in total. The number of rotatable bonds is 4. The first kappa shape index (κ1) is 12.0. The Morgan fingerprint density at radius 2 is 2.38 bits per heavy atom. The molecular weight excluding hydrogens is 202 g/mol. The first-order valence-corrected chi connectivity index (χ1v) is 4.99. The van der Waals surface area contributed by atoms with Crippen LogP contribution in [0.15, 0.2) is 24.8 Å². The van der Waals surface area contributed by atoms with Gasteiger partial charge in [0.1, 0.15) is 0 Å². The summed E-state index contributed by atoms with van der Waals surface area (Å²) < 4.78 is 4.87. The van der Waals surface area contributed by atoms with E-state index in [4.69, 9.17) is 11.3 Å². The van der Waals surface area contributed by atoms with Gasteiger partial charge < -0.3 is 4.74 Å². The summed E-state index contributed by atoms with van der Waals surface area (Å²) in [6, 6.07) is 5.17. The van der Waals surface area contributed by atoms with E-state index in [2.05, 4.69) is 11.4 Å². The lowest BCUT2D eigenvalue weighted by molar-refractivity contribution is -0.142. The highest BCUT2D eigenvalue weighted by molar-refractivity contribution is 5.75. The molecule has 3 nitrogen and oxygen atoms in total. The number of hydrogen-bond acceptors (Lipinski definition) is 2. The normalized spacial score (nSPS) is 9.25. The van der Waals surface area contributed by atoms with Crippen LogP contribution in [0.3, 0.4) is 0 Å². The van der Waals surface area contributed by atoms with Gasteiger partial charge in [-0.15, -0.1) is 0 Å². The van der Waals surface area contributed by atoms with E-state index in [1.807, 2.05) is 0 Å². The van der Waals surface area contributed by atoms with Crippen molar-refractivity contribution >= 4 is 17.7 Å². The lowest BCUT2D eigenvalue weighted by Crippen LogP contribution is -2.08. The molecule has 0 unspecified atom stereocenters. The molecule has 1 aromatic rings. The molecule has 0 spiro atoms. The monoisotopic (exact) mass is 215 g/mol. The van der Waals surface area contributed by atoms with Crippen LogP contribution in [-0.4, -0.2) is 12.6 Å². The Morgan fingerprint density at radius 3 is 2.94 bits per heavy atom. The summed E-state index contributed by atoms with van der Waals surface area (Å²) in [5.41, 5.74) is 2.19. The molecule has 0 aliphatic carbocycles. The molecule has 1 aromatic carbocycles. The van der Waals surface area contributed by atoms with Crippen LogP contribution in [0.2, 0.25) is 0 Å². The van der Waals surface area contributed by atoms with Crippen molar-refractivity contribution in [2.45, 2.75) is 13.3 Å². The molecule has 1 rings (SSSR count). The minimum Gasteiger partial charge on any atom is -0.466 e. The number of carbonyl (C=O) groups is 1. The predicted octanol–water partition coefficient (Wildman–Crippen LogP) is 2.99. The average molecular weight is 215 g/mol. The van der Waals surface area contributed by atoms with E-state index >= 15 is 0 Å². The van der Waals surface area contributed by atoms with E-state index in [9.17, 15) is 4.79 Å². The van der Waals surface area contributed by atoms with Crippen molar-refractivity contribution in [3.05, 3.63) is 47.3 Å². The summed E-state index contributed by atoms with van der Waals surface area (Å²) in [4.78, 5) is 14.6. The Balaban J connectivity index is 2.92. The fourth-order valence-corrected chi connectivity index (χ4v) is 1.37. The van der Waals surface area contributed by atoms with Gasteiger partial charge in [0.2, 0.25) is 0 Å².